The van der Waals surface area contributed by atoms with Crippen LogP contribution in [-0.2, 0) is 9.53 Å². The summed E-state index contributed by atoms with van der Waals surface area (Å²) in [4.78, 5) is 11.6. The predicted octanol–water partition coefficient (Wildman–Crippen LogP) is 1.92. The molecule has 0 aromatic heterocycles. The minimum absolute atomic E-state index is 0.283. The van der Waals surface area contributed by atoms with Crippen LogP contribution in [-0.4, -0.2) is 28.9 Å². The zero-order chi connectivity index (χ0) is 14.4. The van der Waals surface area contributed by atoms with Crippen molar-refractivity contribution in [2.75, 3.05) is 6.61 Å². The number of aliphatic hydroxyl groups is 2. The molecule has 4 nitrogen and oxygen atoms in total. The van der Waals surface area contributed by atoms with E-state index < -0.39 is 30.0 Å². The van der Waals surface area contributed by atoms with Gasteiger partial charge in [-0.2, -0.15) is 0 Å². The summed E-state index contributed by atoms with van der Waals surface area (Å²) in [5, 5.41) is 20.4. The molecule has 0 spiro atoms. The summed E-state index contributed by atoms with van der Waals surface area (Å²) in [5.41, 5.74) is 0.727. The maximum atomic E-state index is 11.6. The molecule has 0 saturated carbocycles. The summed E-state index contributed by atoms with van der Waals surface area (Å²) in [6, 6.07) is 9.10. The topological polar surface area (TPSA) is 66.8 Å². The molecule has 106 valence electrons. The van der Waals surface area contributed by atoms with E-state index in [9.17, 15) is 15.0 Å². The maximum absolute atomic E-state index is 11.6. The lowest BCUT2D eigenvalue weighted by molar-refractivity contribution is -0.153. The van der Waals surface area contributed by atoms with E-state index in [2.05, 4.69) is 0 Å². The van der Waals surface area contributed by atoms with E-state index in [-0.39, 0.29) is 6.61 Å². The molecule has 2 N–H and O–H groups in total. The zero-order valence-electron chi connectivity index (χ0n) is 11.6. The lowest BCUT2D eigenvalue weighted by atomic mass is 9.86. The Balaban J connectivity index is 2.71. The Bertz CT molecular complexity index is 390. The maximum Gasteiger partial charge on any atom is 0.311 e. The summed E-state index contributed by atoms with van der Waals surface area (Å²) >= 11 is 0. The number of hydrogen-bond donors (Lipinski definition) is 2. The fourth-order valence-electron chi connectivity index (χ4n) is 2.01. The molecule has 4 atom stereocenters. The first-order chi connectivity index (χ1) is 8.99. The van der Waals surface area contributed by atoms with Crippen molar-refractivity contribution in [1.29, 1.82) is 0 Å². The first-order valence-electron chi connectivity index (χ1n) is 6.56. The van der Waals surface area contributed by atoms with Gasteiger partial charge in [-0.1, -0.05) is 37.3 Å². The van der Waals surface area contributed by atoms with E-state index in [1.54, 1.807) is 32.9 Å². The third kappa shape index (κ3) is 4.04. The second kappa shape index (κ2) is 7.26. The fraction of sp³-hybridized carbons (Fsp3) is 0.533. The minimum atomic E-state index is -0.950. The van der Waals surface area contributed by atoms with Crippen LogP contribution in [0, 0.1) is 11.8 Å². The van der Waals surface area contributed by atoms with Crippen molar-refractivity contribution < 1.29 is 19.7 Å². The number of benzene rings is 1. The normalized spacial score (nSPS) is 17.3. The Morgan fingerprint density at radius 2 is 1.79 bits per heavy atom. The van der Waals surface area contributed by atoms with Gasteiger partial charge in [0.05, 0.1) is 24.7 Å². The molecule has 0 aliphatic rings. The molecule has 1 aromatic rings. The van der Waals surface area contributed by atoms with Crippen molar-refractivity contribution in [2.45, 2.75) is 33.0 Å². The summed E-state index contributed by atoms with van der Waals surface area (Å²) in [5.74, 6) is -1.56. The highest BCUT2D eigenvalue weighted by atomic mass is 16.5. The average Bonchev–Trinajstić information content (AvgIpc) is 2.45. The first-order valence-corrected chi connectivity index (χ1v) is 6.56. The molecule has 0 aliphatic heterocycles. The van der Waals surface area contributed by atoms with Gasteiger partial charge >= 0.3 is 5.97 Å². The van der Waals surface area contributed by atoms with E-state index in [1.807, 2.05) is 18.2 Å². The van der Waals surface area contributed by atoms with Crippen LogP contribution in [0.2, 0.25) is 0 Å². The van der Waals surface area contributed by atoms with Gasteiger partial charge in [-0.15, -0.1) is 0 Å². The van der Waals surface area contributed by atoms with Gasteiger partial charge in [-0.3, -0.25) is 4.79 Å². The van der Waals surface area contributed by atoms with Gasteiger partial charge in [-0.05, 0) is 19.4 Å². The molecule has 0 unspecified atom stereocenters. The summed E-state index contributed by atoms with van der Waals surface area (Å²) < 4.78 is 4.88. The highest BCUT2D eigenvalue weighted by molar-refractivity contribution is 5.72. The smallest absolute Gasteiger partial charge is 0.311 e. The van der Waals surface area contributed by atoms with Crippen LogP contribution >= 0.6 is 0 Å². The Morgan fingerprint density at radius 3 is 2.32 bits per heavy atom. The van der Waals surface area contributed by atoms with Crippen molar-refractivity contribution in [1.82, 2.24) is 0 Å². The summed E-state index contributed by atoms with van der Waals surface area (Å²) in [6.07, 6.45) is -1.76. The molecule has 0 radical (unpaired) electrons. The second-order valence-corrected chi connectivity index (χ2v) is 4.75. The SMILES string of the molecule is CCOC(=O)[C@@H](C)[C@@H](O)[C@H](C)[C@H](O)c1ccccc1. The largest absolute Gasteiger partial charge is 0.466 e. The molecule has 4 heteroatoms. The second-order valence-electron chi connectivity index (χ2n) is 4.75. The van der Waals surface area contributed by atoms with Crippen molar-refractivity contribution in [3.63, 3.8) is 0 Å². The van der Waals surface area contributed by atoms with Crippen LogP contribution in [0.15, 0.2) is 30.3 Å². The highest BCUT2D eigenvalue weighted by Crippen LogP contribution is 2.27. The van der Waals surface area contributed by atoms with Gasteiger partial charge in [0.1, 0.15) is 0 Å². The first kappa shape index (κ1) is 15.7. The monoisotopic (exact) mass is 266 g/mol. The van der Waals surface area contributed by atoms with E-state index in [4.69, 9.17) is 4.74 Å². The van der Waals surface area contributed by atoms with E-state index in [0.717, 1.165) is 5.56 Å². The fourth-order valence-corrected chi connectivity index (χ4v) is 2.01. The quantitative estimate of drug-likeness (QED) is 0.772. The highest BCUT2D eigenvalue weighted by Gasteiger charge is 2.32. The van der Waals surface area contributed by atoms with Crippen molar-refractivity contribution in [3.8, 4) is 0 Å². The van der Waals surface area contributed by atoms with Crippen LogP contribution in [0.1, 0.15) is 32.4 Å². The van der Waals surface area contributed by atoms with Gasteiger partial charge < -0.3 is 14.9 Å². The van der Waals surface area contributed by atoms with Crippen LogP contribution in [0.3, 0.4) is 0 Å². The molecular weight excluding hydrogens is 244 g/mol. The lowest BCUT2D eigenvalue weighted by Gasteiger charge is -2.27. The van der Waals surface area contributed by atoms with Gasteiger partial charge in [0.15, 0.2) is 0 Å². The van der Waals surface area contributed by atoms with Crippen LogP contribution < -0.4 is 0 Å². The Morgan fingerprint density at radius 1 is 1.21 bits per heavy atom. The molecule has 19 heavy (non-hydrogen) atoms. The van der Waals surface area contributed by atoms with Gasteiger partial charge in [-0.25, -0.2) is 0 Å². The molecule has 1 rings (SSSR count). The number of aliphatic hydroxyl groups excluding tert-OH is 2. The third-order valence-corrected chi connectivity index (χ3v) is 3.35. The number of ether oxygens (including phenoxy) is 1. The number of esters is 1. The van der Waals surface area contributed by atoms with Crippen molar-refractivity contribution in [2.24, 2.45) is 11.8 Å². The molecule has 1 aromatic carbocycles. The van der Waals surface area contributed by atoms with E-state index in [0.29, 0.717) is 0 Å². The standard InChI is InChI=1S/C15H22O4/c1-4-19-15(18)11(3)13(16)10(2)14(17)12-8-6-5-7-9-12/h5-11,13-14,16-17H,4H2,1-3H3/t10-,11-,13-,14-/m0/s1. The van der Waals surface area contributed by atoms with E-state index in [1.165, 1.54) is 0 Å². The number of carbonyl (C=O) groups is 1. The molecule has 0 amide bonds. The molecule has 0 saturated heterocycles. The van der Waals surface area contributed by atoms with Gasteiger partial charge in [0.25, 0.3) is 0 Å². The number of hydrogen-bond acceptors (Lipinski definition) is 4. The average molecular weight is 266 g/mol. The van der Waals surface area contributed by atoms with Crippen LogP contribution in [0.4, 0.5) is 0 Å². The minimum Gasteiger partial charge on any atom is -0.466 e. The van der Waals surface area contributed by atoms with Gasteiger partial charge in [0, 0.05) is 5.92 Å². The van der Waals surface area contributed by atoms with Crippen LogP contribution in [0.25, 0.3) is 0 Å². The Kier molecular flexibility index (Phi) is 5.99. The van der Waals surface area contributed by atoms with Gasteiger partial charge in [0.2, 0.25) is 0 Å². The molecule has 0 aliphatic carbocycles. The third-order valence-electron chi connectivity index (χ3n) is 3.35. The van der Waals surface area contributed by atoms with E-state index >= 15 is 0 Å². The molecule has 0 heterocycles. The zero-order valence-corrected chi connectivity index (χ0v) is 11.6. The number of rotatable bonds is 6. The predicted molar refractivity (Wildman–Crippen MR) is 72.4 cm³/mol. The molecular formula is C15H22O4. The van der Waals surface area contributed by atoms with Crippen LogP contribution in [0.5, 0.6) is 0 Å². The summed E-state index contributed by atoms with van der Waals surface area (Å²) in [7, 11) is 0. The summed E-state index contributed by atoms with van der Waals surface area (Å²) in [6.45, 7) is 5.33. The Hall–Kier alpha value is -1.39. The lowest BCUT2D eigenvalue weighted by Crippen LogP contribution is -2.35. The Labute approximate surface area is 114 Å². The van der Waals surface area contributed by atoms with Crippen molar-refractivity contribution in [3.05, 3.63) is 35.9 Å². The molecule has 0 fully saturated rings. The number of carbonyl (C=O) groups excluding carboxylic acids is 1. The molecule has 0 bridgehead atoms. The van der Waals surface area contributed by atoms with Crippen molar-refractivity contribution >= 4 is 5.97 Å².